The summed E-state index contributed by atoms with van der Waals surface area (Å²) < 4.78 is 5.14. The molecule has 0 bridgehead atoms. The average Bonchev–Trinajstić information content (AvgIpc) is 2.86. The number of nitrogens with zero attached hydrogens (tertiary/aromatic N) is 2. The molecule has 4 nitrogen and oxygen atoms in total. The quantitative estimate of drug-likeness (QED) is 0.761. The molecule has 106 valence electrons. The third-order valence-electron chi connectivity index (χ3n) is 2.80. The highest BCUT2D eigenvalue weighted by atomic mass is 32.2. The first-order chi connectivity index (χ1) is 9.58. The number of hydrogen-bond donors (Lipinski definition) is 0. The molecule has 1 aromatic carbocycles. The van der Waals surface area contributed by atoms with E-state index in [9.17, 15) is 4.79 Å². The Hall–Kier alpha value is -1.62. The Morgan fingerprint density at radius 2 is 2.00 bits per heavy atom. The van der Waals surface area contributed by atoms with Gasteiger partial charge in [-0.25, -0.2) is 0 Å². The molecule has 0 fully saturated rings. The fourth-order valence-corrected chi connectivity index (χ4v) is 2.29. The van der Waals surface area contributed by atoms with Gasteiger partial charge in [-0.1, -0.05) is 19.0 Å². The van der Waals surface area contributed by atoms with Crippen LogP contribution in [0.25, 0.3) is 11.4 Å². The van der Waals surface area contributed by atoms with Crippen LogP contribution in [0, 0.1) is 5.92 Å². The SMILES string of the molecule is CSc1ccc(-c2noc(CC(=O)CC(C)C)n2)cc1. The van der Waals surface area contributed by atoms with E-state index in [2.05, 4.69) is 10.1 Å². The zero-order chi connectivity index (χ0) is 14.5. The molecule has 1 aromatic heterocycles. The summed E-state index contributed by atoms with van der Waals surface area (Å²) in [5.74, 6) is 1.40. The van der Waals surface area contributed by atoms with Crippen molar-refractivity contribution in [3.05, 3.63) is 30.2 Å². The Labute approximate surface area is 123 Å². The van der Waals surface area contributed by atoms with E-state index in [0.29, 0.717) is 24.1 Å². The highest BCUT2D eigenvalue weighted by Crippen LogP contribution is 2.21. The minimum Gasteiger partial charge on any atom is -0.339 e. The fourth-order valence-electron chi connectivity index (χ4n) is 1.88. The fraction of sp³-hybridized carbons (Fsp3) is 0.400. The standard InChI is InChI=1S/C15H18N2O2S/c1-10(2)8-12(18)9-14-16-15(17-19-14)11-4-6-13(20-3)7-5-11/h4-7,10H,8-9H2,1-3H3. The number of ketones is 1. The summed E-state index contributed by atoms with van der Waals surface area (Å²) in [5.41, 5.74) is 0.897. The smallest absolute Gasteiger partial charge is 0.234 e. The Balaban J connectivity index is 2.06. The van der Waals surface area contributed by atoms with Crippen molar-refractivity contribution < 1.29 is 9.32 Å². The summed E-state index contributed by atoms with van der Waals surface area (Å²) in [6.07, 6.45) is 2.79. The number of thioether (sulfide) groups is 1. The number of hydrogen-bond acceptors (Lipinski definition) is 5. The molecule has 0 unspecified atom stereocenters. The molecule has 0 saturated heterocycles. The van der Waals surface area contributed by atoms with E-state index in [-0.39, 0.29) is 12.2 Å². The number of carbonyl (C=O) groups excluding carboxylic acids is 1. The lowest BCUT2D eigenvalue weighted by Crippen LogP contribution is -2.06. The monoisotopic (exact) mass is 290 g/mol. The van der Waals surface area contributed by atoms with E-state index >= 15 is 0 Å². The highest BCUT2D eigenvalue weighted by molar-refractivity contribution is 7.98. The van der Waals surface area contributed by atoms with Gasteiger partial charge in [-0.2, -0.15) is 4.98 Å². The maximum Gasteiger partial charge on any atom is 0.234 e. The van der Waals surface area contributed by atoms with Crippen molar-refractivity contribution in [2.75, 3.05) is 6.26 Å². The molecular formula is C15H18N2O2S. The zero-order valence-corrected chi connectivity index (χ0v) is 12.7. The minimum atomic E-state index is 0.132. The normalized spacial score (nSPS) is 11.0. The first-order valence-corrected chi connectivity index (χ1v) is 7.79. The van der Waals surface area contributed by atoms with Crippen molar-refractivity contribution in [1.29, 1.82) is 0 Å². The summed E-state index contributed by atoms with van der Waals surface area (Å²) >= 11 is 1.68. The molecule has 0 N–H and O–H groups in total. The third-order valence-corrected chi connectivity index (χ3v) is 3.54. The lowest BCUT2D eigenvalue weighted by Gasteiger charge is -2.00. The first kappa shape index (κ1) is 14.8. The van der Waals surface area contributed by atoms with Crippen LogP contribution in [0.1, 0.15) is 26.2 Å². The molecular weight excluding hydrogens is 272 g/mol. The van der Waals surface area contributed by atoms with E-state index in [0.717, 1.165) is 5.56 Å². The predicted octanol–water partition coefficient (Wildman–Crippen LogP) is 3.62. The second-order valence-electron chi connectivity index (χ2n) is 5.05. The van der Waals surface area contributed by atoms with Crippen LogP contribution < -0.4 is 0 Å². The van der Waals surface area contributed by atoms with Crippen molar-refractivity contribution in [3.63, 3.8) is 0 Å². The molecule has 0 spiro atoms. The molecule has 20 heavy (non-hydrogen) atoms. The van der Waals surface area contributed by atoms with E-state index in [1.54, 1.807) is 11.8 Å². The van der Waals surface area contributed by atoms with Crippen LogP contribution in [0.2, 0.25) is 0 Å². The Bertz CT molecular complexity index is 576. The van der Waals surface area contributed by atoms with Gasteiger partial charge in [0.1, 0.15) is 5.78 Å². The molecule has 0 aliphatic rings. The van der Waals surface area contributed by atoms with Gasteiger partial charge < -0.3 is 4.52 Å². The molecule has 0 saturated carbocycles. The average molecular weight is 290 g/mol. The topological polar surface area (TPSA) is 56.0 Å². The summed E-state index contributed by atoms with van der Waals surface area (Å²) in [6.45, 7) is 4.04. The van der Waals surface area contributed by atoms with Crippen molar-refractivity contribution >= 4 is 17.5 Å². The molecule has 0 aliphatic heterocycles. The predicted molar refractivity (Wildman–Crippen MR) is 79.7 cm³/mol. The molecule has 2 aromatic rings. The van der Waals surface area contributed by atoms with E-state index in [4.69, 9.17) is 4.52 Å². The maximum absolute atomic E-state index is 11.7. The number of rotatable bonds is 6. The van der Waals surface area contributed by atoms with Crippen LogP contribution in [0.4, 0.5) is 0 Å². The van der Waals surface area contributed by atoms with Crippen LogP contribution in [-0.4, -0.2) is 22.2 Å². The molecule has 0 atom stereocenters. The second kappa shape index (κ2) is 6.70. The molecule has 0 aliphatic carbocycles. The van der Waals surface area contributed by atoms with Crippen LogP contribution in [0.3, 0.4) is 0 Å². The van der Waals surface area contributed by atoms with Crippen molar-refractivity contribution in [2.45, 2.75) is 31.6 Å². The van der Waals surface area contributed by atoms with E-state index < -0.39 is 0 Å². The zero-order valence-electron chi connectivity index (χ0n) is 11.9. The van der Waals surface area contributed by atoms with Crippen LogP contribution in [0.15, 0.2) is 33.7 Å². The van der Waals surface area contributed by atoms with E-state index in [1.807, 2.05) is 44.4 Å². The number of aromatic nitrogens is 2. The molecule has 0 amide bonds. The minimum absolute atomic E-state index is 0.132. The number of carbonyl (C=O) groups is 1. The number of benzene rings is 1. The van der Waals surface area contributed by atoms with Gasteiger partial charge in [0.25, 0.3) is 0 Å². The summed E-state index contributed by atoms with van der Waals surface area (Å²) in [5, 5.41) is 3.93. The Kier molecular flexibility index (Phi) is 4.95. The Morgan fingerprint density at radius 1 is 1.30 bits per heavy atom. The maximum atomic E-state index is 11.7. The molecule has 0 radical (unpaired) electrons. The summed E-state index contributed by atoms with van der Waals surface area (Å²) in [7, 11) is 0. The molecule has 1 heterocycles. The van der Waals surface area contributed by atoms with Gasteiger partial charge in [0.15, 0.2) is 0 Å². The second-order valence-corrected chi connectivity index (χ2v) is 5.93. The van der Waals surface area contributed by atoms with Gasteiger partial charge in [0.05, 0.1) is 6.42 Å². The molecule has 2 rings (SSSR count). The van der Waals surface area contributed by atoms with Gasteiger partial charge in [0, 0.05) is 16.9 Å². The van der Waals surface area contributed by atoms with Crippen molar-refractivity contribution in [1.82, 2.24) is 10.1 Å². The van der Waals surface area contributed by atoms with Gasteiger partial charge in [-0.05, 0) is 36.4 Å². The largest absolute Gasteiger partial charge is 0.339 e. The van der Waals surface area contributed by atoms with Gasteiger partial charge in [0.2, 0.25) is 11.7 Å². The lowest BCUT2D eigenvalue weighted by atomic mass is 10.1. The highest BCUT2D eigenvalue weighted by Gasteiger charge is 2.13. The van der Waals surface area contributed by atoms with Gasteiger partial charge in [-0.15, -0.1) is 11.8 Å². The van der Waals surface area contributed by atoms with Crippen molar-refractivity contribution in [2.24, 2.45) is 5.92 Å². The van der Waals surface area contributed by atoms with Gasteiger partial charge >= 0.3 is 0 Å². The van der Waals surface area contributed by atoms with Crippen LogP contribution >= 0.6 is 11.8 Å². The summed E-state index contributed by atoms with van der Waals surface area (Å²) in [6, 6.07) is 7.94. The molecule has 5 heteroatoms. The van der Waals surface area contributed by atoms with Crippen LogP contribution in [0.5, 0.6) is 0 Å². The lowest BCUT2D eigenvalue weighted by molar-refractivity contribution is -0.119. The van der Waals surface area contributed by atoms with Crippen LogP contribution in [-0.2, 0) is 11.2 Å². The van der Waals surface area contributed by atoms with Gasteiger partial charge in [-0.3, -0.25) is 4.79 Å². The number of Topliss-reactive ketones (excluding diaryl/α,β-unsaturated/α-hetero) is 1. The first-order valence-electron chi connectivity index (χ1n) is 6.57. The Morgan fingerprint density at radius 3 is 2.60 bits per heavy atom. The summed E-state index contributed by atoms with van der Waals surface area (Å²) in [4.78, 5) is 17.2. The van der Waals surface area contributed by atoms with Crippen molar-refractivity contribution in [3.8, 4) is 11.4 Å². The van der Waals surface area contributed by atoms with E-state index in [1.165, 1.54) is 4.90 Å². The third kappa shape index (κ3) is 3.93.